The fourth-order valence-corrected chi connectivity index (χ4v) is 2.35. The van der Waals surface area contributed by atoms with Crippen molar-refractivity contribution in [1.82, 2.24) is 0 Å². The molecule has 2 rings (SSSR count). The molecular formula is C15H20O3. The van der Waals surface area contributed by atoms with Gasteiger partial charge in [-0.2, -0.15) is 0 Å². The Hall–Kier alpha value is -1.51. The van der Waals surface area contributed by atoms with E-state index in [1.807, 2.05) is 18.2 Å². The van der Waals surface area contributed by atoms with Gasteiger partial charge in [0, 0.05) is 0 Å². The van der Waals surface area contributed by atoms with Gasteiger partial charge in [-0.05, 0) is 57.2 Å². The zero-order valence-electron chi connectivity index (χ0n) is 11.2. The minimum atomic E-state index is -0.759. The standard InChI is InChI=1S/C15H20O3/c1-10-7-8-12-11(5-4-6-13(12)18-10)9-15(2,3)14(16)17/h4-6,10H,7-9H2,1-3H3,(H,16,17). The molecule has 0 amide bonds. The lowest BCUT2D eigenvalue weighted by Gasteiger charge is -2.27. The molecule has 1 aromatic carbocycles. The van der Waals surface area contributed by atoms with Crippen LogP contribution in [0.15, 0.2) is 18.2 Å². The van der Waals surface area contributed by atoms with Crippen LogP contribution in [0.5, 0.6) is 5.75 Å². The molecule has 18 heavy (non-hydrogen) atoms. The third kappa shape index (κ3) is 2.50. The summed E-state index contributed by atoms with van der Waals surface area (Å²) in [6, 6.07) is 5.94. The SMILES string of the molecule is CC1CCc2c(CC(C)(C)C(=O)O)cccc2O1. The highest BCUT2D eigenvalue weighted by atomic mass is 16.5. The average molecular weight is 248 g/mol. The van der Waals surface area contributed by atoms with Crippen LogP contribution in [0.1, 0.15) is 38.3 Å². The van der Waals surface area contributed by atoms with Gasteiger partial charge in [0.25, 0.3) is 0 Å². The van der Waals surface area contributed by atoms with E-state index in [-0.39, 0.29) is 6.10 Å². The average Bonchev–Trinajstić information content (AvgIpc) is 2.28. The molecule has 1 aromatic rings. The third-order valence-electron chi connectivity index (χ3n) is 3.57. The summed E-state index contributed by atoms with van der Waals surface area (Å²) in [6.07, 6.45) is 2.77. The van der Waals surface area contributed by atoms with E-state index in [9.17, 15) is 9.90 Å². The Morgan fingerprint density at radius 1 is 1.50 bits per heavy atom. The van der Waals surface area contributed by atoms with E-state index < -0.39 is 11.4 Å². The molecule has 0 saturated heterocycles. The maximum atomic E-state index is 11.2. The summed E-state index contributed by atoms with van der Waals surface area (Å²) in [6.45, 7) is 5.60. The minimum Gasteiger partial charge on any atom is -0.490 e. The molecule has 0 saturated carbocycles. The largest absolute Gasteiger partial charge is 0.490 e. The lowest BCUT2D eigenvalue weighted by molar-refractivity contribution is -0.146. The smallest absolute Gasteiger partial charge is 0.309 e. The molecule has 0 aromatic heterocycles. The van der Waals surface area contributed by atoms with Crippen LogP contribution < -0.4 is 4.74 Å². The summed E-state index contributed by atoms with van der Waals surface area (Å²) in [7, 11) is 0. The summed E-state index contributed by atoms with van der Waals surface area (Å²) in [5.41, 5.74) is 1.55. The summed E-state index contributed by atoms with van der Waals surface area (Å²) in [5.74, 6) is 0.164. The fourth-order valence-electron chi connectivity index (χ4n) is 2.35. The number of carbonyl (C=O) groups is 1. The second kappa shape index (κ2) is 4.63. The highest BCUT2D eigenvalue weighted by molar-refractivity contribution is 5.74. The number of ether oxygens (including phenoxy) is 1. The Morgan fingerprint density at radius 2 is 2.22 bits per heavy atom. The number of fused-ring (bicyclic) bond motifs is 1. The molecule has 1 N–H and O–H groups in total. The van der Waals surface area contributed by atoms with Crippen LogP contribution in [-0.2, 0) is 17.6 Å². The molecule has 1 unspecified atom stereocenters. The van der Waals surface area contributed by atoms with Crippen molar-refractivity contribution in [3.63, 3.8) is 0 Å². The molecule has 98 valence electrons. The molecule has 0 spiro atoms. The predicted octanol–water partition coefficient (Wildman–Crippen LogP) is 3.05. The van der Waals surface area contributed by atoms with Gasteiger partial charge in [-0.1, -0.05) is 12.1 Å². The first-order valence-electron chi connectivity index (χ1n) is 6.41. The summed E-state index contributed by atoms with van der Waals surface area (Å²) in [4.78, 5) is 11.2. The maximum absolute atomic E-state index is 11.2. The lowest BCUT2D eigenvalue weighted by Crippen LogP contribution is -2.27. The van der Waals surface area contributed by atoms with E-state index >= 15 is 0 Å². The number of benzene rings is 1. The molecule has 1 atom stereocenters. The van der Waals surface area contributed by atoms with Crippen LogP contribution >= 0.6 is 0 Å². The third-order valence-corrected chi connectivity index (χ3v) is 3.57. The topological polar surface area (TPSA) is 46.5 Å². The summed E-state index contributed by atoms with van der Waals surface area (Å²) in [5, 5.41) is 9.22. The Labute approximate surface area is 108 Å². The Bertz CT molecular complexity index is 463. The predicted molar refractivity (Wildman–Crippen MR) is 70.0 cm³/mol. The van der Waals surface area contributed by atoms with E-state index in [1.165, 1.54) is 5.56 Å². The van der Waals surface area contributed by atoms with Gasteiger partial charge in [0.1, 0.15) is 5.75 Å². The van der Waals surface area contributed by atoms with Crippen LogP contribution in [0.3, 0.4) is 0 Å². The highest BCUT2D eigenvalue weighted by Crippen LogP contribution is 2.33. The summed E-state index contributed by atoms with van der Waals surface area (Å²) >= 11 is 0. The van der Waals surface area contributed by atoms with Crippen LogP contribution in [0, 0.1) is 5.41 Å². The van der Waals surface area contributed by atoms with E-state index in [1.54, 1.807) is 13.8 Å². The van der Waals surface area contributed by atoms with Crippen molar-refractivity contribution in [3.8, 4) is 5.75 Å². The molecule has 0 aliphatic carbocycles. The van der Waals surface area contributed by atoms with Crippen molar-refractivity contribution in [3.05, 3.63) is 29.3 Å². The molecule has 0 radical (unpaired) electrons. The van der Waals surface area contributed by atoms with Gasteiger partial charge < -0.3 is 9.84 Å². The molecule has 0 bridgehead atoms. The maximum Gasteiger partial charge on any atom is 0.309 e. The van der Waals surface area contributed by atoms with Crippen LogP contribution in [-0.4, -0.2) is 17.2 Å². The molecule has 1 heterocycles. The number of hydrogen-bond acceptors (Lipinski definition) is 2. The van der Waals surface area contributed by atoms with Crippen LogP contribution in [0.4, 0.5) is 0 Å². The van der Waals surface area contributed by atoms with Crippen molar-refractivity contribution >= 4 is 5.97 Å². The lowest BCUT2D eigenvalue weighted by atomic mass is 9.83. The zero-order chi connectivity index (χ0) is 13.3. The number of carboxylic acids is 1. The highest BCUT2D eigenvalue weighted by Gasteiger charge is 2.29. The van der Waals surface area contributed by atoms with Gasteiger partial charge in [0.2, 0.25) is 0 Å². The summed E-state index contributed by atoms with van der Waals surface area (Å²) < 4.78 is 5.80. The van der Waals surface area contributed by atoms with Crippen molar-refractivity contribution in [2.75, 3.05) is 0 Å². The minimum absolute atomic E-state index is 0.250. The first-order valence-corrected chi connectivity index (χ1v) is 6.41. The van der Waals surface area contributed by atoms with E-state index in [4.69, 9.17) is 4.74 Å². The Morgan fingerprint density at radius 3 is 2.89 bits per heavy atom. The normalized spacial score (nSPS) is 18.9. The van der Waals surface area contributed by atoms with E-state index in [0.29, 0.717) is 6.42 Å². The zero-order valence-corrected chi connectivity index (χ0v) is 11.2. The van der Waals surface area contributed by atoms with Crippen molar-refractivity contribution in [2.24, 2.45) is 5.41 Å². The van der Waals surface area contributed by atoms with Crippen LogP contribution in [0.25, 0.3) is 0 Å². The fraction of sp³-hybridized carbons (Fsp3) is 0.533. The first-order chi connectivity index (χ1) is 8.40. The molecule has 1 aliphatic heterocycles. The monoisotopic (exact) mass is 248 g/mol. The van der Waals surface area contributed by atoms with Crippen molar-refractivity contribution < 1.29 is 14.6 Å². The second-order valence-electron chi connectivity index (χ2n) is 5.73. The van der Waals surface area contributed by atoms with E-state index in [2.05, 4.69) is 6.92 Å². The molecular weight excluding hydrogens is 228 g/mol. The molecule has 1 aliphatic rings. The van der Waals surface area contributed by atoms with Gasteiger partial charge in [0.05, 0.1) is 11.5 Å². The quantitative estimate of drug-likeness (QED) is 0.894. The first kappa shape index (κ1) is 12.9. The number of carboxylic acid groups (broad SMARTS) is 1. The molecule has 3 nitrogen and oxygen atoms in total. The van der Waals surface area contributed by atoms with Crippen molar-refractivity contribution in [2.45, 2.75) is 46.1 Å². The van der Waals surface area contributed by atoms with Gasteiger partial charge in [-0.25, -0.2) is 0 Å². The van der Waals surface area contributed by atoms with E-state index in [0.717, 1.165) is 24.2 Å². The van der Waals surface area contributed by atoms with Gasteiger partial charge in [-0.15, -0.1) is 0 Å². The van der Waals surface area contributed by atoms with Crippen LogP contribution in [0.2, 0.25) is 0 Å². The molecule has 0 fully saturated rings. The van der Waals surface area contributed by atoms with Gasteiger partial charge >= 0.3 is 5.97 Å². The Balaban J connectivity index is 2.30. The second-order valence-corrected chi connectivity index (χ2v) is 5.73. The number of hydrogen-bond donors (Lipinski definition) is 1. The van der Waals surface area contributed by atoms with Gasteiger partial charge in [0.15, 0.2) is 0 Å². The van der Waals surface area contributed by atoms with Crippen molar-refractivity contribution in [1.29, 1.82) is 0 Å². The van der Waals surface area contributed by atoms with Gasteiger partial charge in [-0.3, -0.25) is 4.79 Å². The number of rotatable bonds is 3. The Kier molecular flexibility index (Phi) is 3.33. The number of aliphatic carboxylic acids is 1. The molecule has 3 heteroatoms.